The number of ketones is 1. The van der Waals surface area contributed by atoms with E-state index in [4.69, 9.17) is 10.5 Å². The Labute approximate surface area is 160 Å². The Balaban J connectivity index is 2.46. The normalized spacial score (nSPS) is 12.0. The predicted molar refractivity (Wildman–Crippen MR) is 101 cm³/mol. The van der Waals surface area contributed by atoms with Crippen LogP contribution in [0.5, 0.6) is 0 Å². The number of hydrogen-bond donors (Lipinski definition) is 1. The summed E-state index contributed by atoms with van der Waals surface area (Å²) in [5.41, 5.74) is 5.16. The number of amides is 1. The van der Waals surface area contributed by atoms with Crippen LogP contribution in [-0.2, 0) is 11.3 Å². The number of aryl methyl sites for hydroxylation is 1. The van der Waals surface area contributed by atoms with Gasteiger partial charge in [0.1, 0.15) is 5.56 Å². The van der Waals surface area contributed by atoms with Gasteiger partial charge in [-0.2, -0.15) is 0 Å². The number of Topliss-reactive ketones (excluding diaryl/α,β-unsaturated/α-hetero) is 1. The molecule has 0 radical (unpaired) electrons. The van der Waals surface area contributed by atoms with Gasteiger partial charge in [0.05, 0.1) is 30.3 Å². The van der Waals surface area contributed by atoms with Crippen molar-refractivity contribution < 1.29 is 19.2 Å². The van der Waals surface area contributed by atoms with Crippen LogP contribution in [0.25, 0.3) is 0 Å². The van der Waals surface area contributed by atoms with Crippen molar-refractivity contribution in [3.8, 4) is 0 Å². The van der Waals surface area contributed by atoms with E-state index in [1.165, 1.54) is 0 Å². The molecule has 0 aromatic carbocycles. The number of ether oxygens (including phenoxy) is 1. The molecule has 0 spiro atoms. The van der Waals surface area contributed by atoms with Crippen LogP contribution in [0.15, 0.2) is 23.1 Å². The topological polar surface area (TPSA) is 139 Å². The van der Waals surface area contributed by atoms with Crippen LogP contribution in [0.3, 0.4) is 0 Å². The second-order valence-electron chi connectivity index (χ2n) is 6.55. The van der Waals surface area contributed by atoms with Crippen molar-refractivity contribution in [1.29, 1.82) is 0 Å². The molecule has 0 unspecified atom stereocenters. The summed E-state index contributed by atoms with van der Waals surface area (Å²) in [4.78, 5) is 46.9. The first-order chi connectivity index (χ1) is 13.1. The molecular formula is C18H22N4O6. The predicted octanol–water partition coefficient (Wildman–Crippen LogP) is 1.36. The summed E-state index contributed by atoms with van der Waals surface area (Å²) in [7, 11) is 1.59. The highest BCUT2D eigenvalue weighted by molar-refractivity contribution is 5.97. The van der Waals surface area contributed by atoms with E-state index in [-0.39, 0.29) is 6.04 Å². The molecule has 150 valence electrons. The summed E-state index contributed by atoms with van der Waals surface area (Å²) in [5.74, 6) is -1.51. The van der Waals surface area contributed by atoms with E-state index in [0.29, 0.717) is 17.9 Å². The molecule has 2 heterocycles. The van der Waals surface area contributed by atoms with Gasteiger partial charge in [0.2, 0.25) is 0 Å². The Bertz CT molecular complexity index is 1000. The van der Waals surface area contributed by atoms with Crippen LogP contribution >= 0.6 is 0 Å². The molecule has 10 nitrogen and oxygen atoms in total. The maximum atomic E-state index is 12.8. The SMILES string of the molecule is COC[C@H](C)n1c(C)cc(C(=O)Cn2cc([N+](=O)[O-])cc(C(N)=O)c2=O)c1C. The zero-order chi connectivity index (χ0) is 21.2. The molecule has 10 heteroatoms. The lowest BCUT2D eigenvalue weighted by atomic mass is 10.1. The molecule has 2 aromatic rings. The van der Waals surface area contributed by atoms with E-state index in [1.54, 1.807) is 20.1 Å². The Morgan fingerprint density at radius 3 is 2.46 bits per heavy atom. The summed E-state index contributed by atoms with van der Waals surface area (Å²) < 4.78 is 7.95. The maximum Gasteiger partial charge on any atom is 0.286 e. The zero-order valence-electron chi connectivity index (χ0n) is 16.1. The number of nitrogens with two attached hydrogens (primary N) is 1. The third-order valence-electron chi connectivity index (χ3n) is 4.50. The quantitative estimate of drug-likeness (QED) is 0.410. The van der Waals surface area contributed by atoms with Crippen LogP contribution in [0.1, 0.15) is 45.1 Å². The van der Waals surface area contributed by atoms with Gasteiger partial charge < -0.3 is 19.6 Å². The second-order valence-corrected chi connectivity index (χ2v) is 6.55. The number of rotatable bonds is 8. The molecule has 2 aromatic heterocycles. The van der Waals surface area contributed by atoms with Crippen molar-refractivity contribution >= 4 is 17.4 Å². The number of hydrogen-bond acceptors (Lipinski definition) is 6. The Morgan fingerprint density at radius 2 is 1.93 bits per heavy atom. The number of carbonyl (C=O) groups is 2. The molecule has 2 N–H and O–H groups in total. The number of pyridine rings is 1. The third kappa shape index (κ3) is 4.01. The number of aromatic nitrogens is 2. The molecular weight excluding hydrogens is 368 g/mol. The van der Waals surface area contributed by atoms with Crippen LogP contribution in [-0.4, -0.2) is 39.5 Å². The Kier molecular flexibility index (Phi) is 6.14. The van der Waals surface area contributed by atoms with Gasteiger partial charge in [0.25, 0.3) is 17.2 Å². The second kappa shape index (κ2) is 8.17. The number of primary amides is 1. The first-order valence-corrected chi connectivity index (χ1v) is 8.47. The molecule has 1 atom stereocenters. The molecule has 1 amide bonds. The highest BCUT2D eigenvalue weighted by atomic mass is 16.6. The molecule has 0 saturated carbocycles. The van der Waals surface area contributed by atoms with E-state index < -0.39 is 40.0 Å². The third-order valence-corrected chi connectivity index (χ3v) is 4.50. The van der Waals surface area contributed by atoms with E-state index in [9.17, 15) is 24.5 Å². The molecule has 0 aliphatic heterocycles. The minimum atomic E-state index is -1.10. The fraction of sp³-hybridized carbons (Fsp3) is 0.389. The lowest BCUT2D eigenvalue weighted by Crippen LogP contribution is -2.31. The average molecular weight is 390 g/mol. The van der Waals surface area contributed by atoms with Crippen molar-refractivity contribution in [3.05, 3.63) is 61.3 Å². The van der Waals surface area contributed by atoms with E-state index in [2.05, 4.69) is 0 Å². The Hall–Kier alpha value is -3.27. The van der Waals surface area contributed by atoms with Gasteiger partial charge in [-0.1, -0.05) is 0 Å². The minimum Gasteiger partial charge on any atom is -0.383 e. The van der Waals surface area contributed by atoms with Crippen molar-refractivity contribution in [1.82, 2.24) is 9.13 Å². The van der Waals surface area contributed by atoms with Crippen LogP contribution in [0.4, 0.5) is 5.69 Å². The first kappa shape index (κ1) is 21.0. The number of nitrogens with zero attached hydrogens (tertiary/aromatic N) is 3. The molecule has 0 aliphatic carbocycles. The summed E-state index contributed by atoms with van der Waals surface area (Å²) in [6, 6.07) is 2.50. The monoisotopic (exact) mass is 390 g/mol. The maximum absolute atomic E-state index is 12.8. The van der Waals surface area contributed by atoms with Gasteiger partial charge in [0, 0.05) is 30.1 Å². The highest BCUT2D eigenvalue weighted by Crippen LogP contribution is 2.22. The smallest absolute Gasteiger partial charge is 0.286 e. The lowest BCUT2D eigenvalue weighted by Gasteiger charge is -2.17. The molecule has 2 rings (SSSR count). The standard InChI is InChI=1S/C18H22N4O6/c1-10-5-14(12(3)21(10)11(2)9-28-4)16(23)8-20-7-13(22(26)27)6-15(17(19)24)18(20)25/h5-7,11H,8-9H2,1-4H3,(H2,19,24)/t11-/m0/s1. The van der Waals surface area contributed by atoms with E-state index >= 15 is 0 Å². The van der Waals surface area contributed by atoms with Gasteiger partial charge in [-0.05, 0) is 26.8 Å². The number of carbonyl (C=O) groups excluding carboxylic acids is 2. The van der Waals surface area contributed by atoms with Gasteiger partial charge in [-0.25, -0.2) is 0 Å². The van der Waals surface area contributed by atoms with Crippen LogP contribution < -0.4 is 11.3 Å². The van der Waals surface area contributed by atoms with Crippen LogP contribution in [0.2, 0.25) is 0 Å². The molecule has 28 heavy (non-hydrogen) atoms. The van der Waals surface area contributed by atoms with Gasteiger partial charge in [-0.15, -0.1) is 0 Å². The number of methoxy groups -OCH3 is 1. The first-order valence-electron chi connectivity index (χ1n) is 8.47. The molecule has 0 saturated heterocycles. The van der Waals surface area contributed by atoms with E-state index in [0.717, 1.165) is 22.5 Å². The Morgan fingerprint density at radius 1 is 1.29 bits per heavy atom. The summed E-state index contributed by atoms with van der Waals surface area (Å²) >= 11 is 0. The highest BCUT2D eigenvalue weighted by Gasteiger charge is 2.22. The molecule has 0 bridgehead atoms. The van der Waals surface area contributed by atoms with Crippen molar-refractivity contribution in [2.24, 2.45) is 5.73 Å². The van der Waals surface area contributed by atoms with Gasteiger partial charge in [-0.3, -0.25) is 24.5 Å². The zero-order valence-corrected chi connectivity index (χ0v) is 16.1. The molecule has 0 aliphatic rings. The lowest BCUT2D eigenvalue weighted by molar-refractivity contribution is -0.385. The van der Waals surface area contributed by atoms with Crippen molar-refractivity contribution in [2.45, 2.75) is 33.4 Å². The van der Waals surface area contributed by atoms with E-state index in [1.807, 2.05) is 18.4 Å². The molecule has 0 fully saturated rings. The summed E-state index contributed by atoms with van der Waals surface area (Å²) in [6.45, 7) is 5.57. The van der Waals surface area contributed by atoms with Gasteiger partial charge >= 0.3 is 0 Å². The van der Waals surface area contributed by atoms with Crippen molar-refractivity contribution in [3.63, 3.8) is 0 Å². The largest absolute Gasteiger partial charge is 0.383 e. The van der Waals surface area contributed by atoms with Crippen LogP contribution in [0, 0.1) is 24.0 Å². The fourth-order valence-corrected chi connectivity index (χ4v) is 3.31. The average Bonchev–Trinajstić information content (AvgIpc) is 2.90. The fourth-order valence-electron chi connectivity index (χ4n) is 3.31. The summed E-state index contributed by atoms with van der Waals surface area (Å²) in [6.07, 6.45) is 0.930. The minimum absolute atomic E-state index is 0.00597. The summed E-state index contributed by atoms with van der Waals surface area (Å²) in [5, 5.41) is 11.1. The number of nitro groups is 1. The van der Waals surface area contributed by atoms with Crippen molar-refractivity contribution in [2.75, 3.05) is 13.7 Å². The van der Waals surface area contributed by atoms with Gasteiger partial charge in [0.15, 0.2) is 5.78 Å².